The van der Waals surface area contributed by atoms with E-state index >= 15 is 0 Å². The Kier molecular flexibility index (Phi) is 5.10. The number of morpholine rings is 1. The van der Waals surface area contributed by atoms with Crippen LogP contribution in [-0.2, 0) is 25.0 Å². The zero-order valence-electron chi connectivity index (χ0n) is 17.7. The lowest BCUT2D eigenvalue weighted by Gasteiger charge is -2.29. The smallest absolute Gasteiger partial charge is 0.264 e. The summed E-state index contributed by atoms with van der Waals surface area (Å²) in [5.74, 6) is 0.289. The van der Waals surface area contributed by atoms with Crippen LogP contribution in [0.4, 0.5) is 5.82 Å². The fourth-order valence-electron chi connectivity index (χ4n) is 4.32. The minimum absolute atomic E-state index is 0.0488. The lowest BCUT2D eigenvalue weighted by atomic mass is 9.92. The maximum absolute atomic E-state index is 13.3. The first-order chi connectivity index (χ1) is 15.4. The molecule has 1 amide bonds. The summed E-state index contributed by atoms with van der Waals surface area (Å²) >= 11 is 0. The highest BCUT2D eigenvalue weighted by Crippen LogP contribution is 2.50. The largest absolute Gasteiger partial charge is 0.378 e. The van der Waals surface area contributed by atoms with Crippen molar-refractivity contribution >= 4 is 32.7 Å². The van der Waals surface area contributed by atoms with E-state index in [0.29, 0.717) is 37.0 Å². The number of nitrogens with zero attached hydrogens (tertiary/aromatic N) is 3. The summed E-state index contributed by atoms with van der Waals surface area (Å²) in [7, 11) is -4.06. The van der Waals surface area contributed by atoms with E-state index in [1.165, 1.54) is 6.07 Å². The van der Waals surface area contributed by atoms with Crippen LogP contribution in [0.3, 0.4) is 0 Å². The number of ether oxygens (including phenoxy) is 1. The second kappa shape index (κ2) is 7.83. The summed E-state index contributed by atoms with van der Waals surface area (Å²) < 4.78 is 34.1. The number of fused-ring (bicyclic) bond motifs is 1. The summed E-state index contributed by atoms with van der Waals surface area (Å²) in [4.78, 5) is 24.3. The Morgan fingerprint density at radius 2 is 1.91 bits per heavy atom. The van der Waals surface area contributed by atoms with Gasteiger partial charge in [0.05, 0.1) is 29.0 Å². The number of rotatable bonds is 5. The quantitative estimate of drug-likeness (QED) is 0.634. The van der Waals surface area contributed by atoms with Crippen molar-refractivity contribution in [2.45, 2.75) is 30.1 Å². The third-order valence-electron chi connectivity index (χ3n) is 6.25. The van der Waals surface area contributed by atoms with Gasteiger partial charge in [-0.05, 0) is 61.2 Å². The molecular formula is C23H24N4O4S. The molecule has 9 heteroatoms. The molecule has 1 N–H and O–H groups in total. The van der Waals surface area contributed by atoms with Crippen LogP contribution in [-0.4, -0.2) is 50.6 Å². The topological polar surface area (TPSA) is 101 Å². The van der Waals surface area contributed by atoms with Crippen LogP contribution < -0.4 is 9.62 Å². The Morgan fingerprint density at radius 1 is 1.12 bits per heavy atom. The Morgan fingerprint density at radius 3 is 2.66 bits per heavy atom. The molecule has 32 heavy (non-hydrogen) atoms. The molecule has 1 aliphatic carbocycles. The molecule has 5 rings (SSSR count). The molecule has 1 saturated heterocycles. The first-order valence-corrected chi connectivity index (χ1v) is 12.1. The number of amides is 1. The highest BCUT2D eigenvalue weighted by Gasteiger charge is 2.53. The molecule has 166 valence electrons. The maximum atomic E-state index is 13.3. The van der Waals surface area contributed by atoms with Gasteiger partial charge in [-0.2, -0.15) is 0 Å². The van der Waals surface area contributed by atoms with Gasteiger partial charge < -0.3 is 9.64 Å². The molecule has 3 heterocycles. The molecule has 0 atom stereocenters. The van der Waals surface area contributed by atoms with Gasteiger partial charge in [0, 0.05) is 30.9 Å². The lowest BCUT2D eigenvalue weighted by molar-refractivity contribution is -0.121. The molecule has 2 fully saturated rings. The molecule has 2 aromatic heterocycles. The standard InChI is InChI=1S/C23H24N4O4S/c1-16-15-25-21(27-10-12-31-13-11-27)14-18(16)23(7-8-23)22(28)26-32(29,30)20-6-2-5-19-17(20)4-3-9-24-19/h2-6,9,14-15H,7-8,10-13H2,1H3,(H,26,28). The molecule has 0 radical (unpaired) electrons. The van der Waals surface area contributed by atoms with Gasteiger partial charge in [0.1, 0.15) is 5.82 Å². The Bertz CT molecular complexity index is 1290. The predicted molar refractivity (Wildman–Crippen MR) is 120 cm³/mol. The second-order valence-electron chi connectivity index (χ2n) is 8.30. The van der Waals surface area contributed by atoms with E-state index in [1.807, 2.05) is 13.0 Å². The lowest BCUT2D eigenvalue weighted by Crippen LogP contribution is -2.40. The molecule has 8 nitrogen and oxygen atoms in total. The number of pyridine rings is 2. The zero-order chi connectivity index (χ0) is 22.3. The van der Waals surface area contributed by atoms with E-state index in [0.717, 1.165) is 30.0 Å². The first-order valence-electron chi connectivity index (χ1n) is 10.6. The van der Waals surface area contributed by atoms with E-state index in [-0.39, 0.29) is 4.90 Å². The average molecular weight is 453 g/mol. The molecule has 0 bridgehead atoms. The number of sulfonamides is 1. The number of aromatic nitrogens is 2. The normalized spacial score (nSPS) is 17.8. The van der Waals surface area contributed by atoms with Crippen LogP contribution in [0.15, 0.2) is 53.7 Å². The Balaban J connectivity index is 1.46. The zero-order valence-corrected chi connectivity index (χ0v) is 18.6. The van der Waals surface area contributed by atoms with Gasteiger partial charge in [0.15, 0.2) is 0 Å². The van der Waals surface area contributed by atoms with E-state index in [9.17, 15) is 13.2 Å². The van der Waals surface area contributed by atoms with Crippen molar-refractivity contribution in [1.29, 1.82) is 0 Å². The summed E-state index contributed by atoms with van der Waals surface area (Å²) in [6.45, 7) is 4.64. The van der Waals surface area contributed by atoms with Crippen LogP contribution in [0.1, 0.15) is 24.0 Å². The maximum Gasteiger partial charge on any atom is 0.264 e. The van der Waals surface area contributed by atoms with E-state index in [2.05, 4.69) is 19.6 Å². The molecular weight excluding hydrogens is 428 g/mol. The fourth-order valence-corrected chi connectivity index (χ4v) is 5.59. The van der Waals surface area contributed by atoms with Crippen LogP contribution in [0, 0.1) is 6.92 Å². The molecule has 0 unspecified atom stereocenters. The van der Waals surface area contributed by atoms with Gasteiger partial charge in [-0.3, -0.25) is 9.78 Å². The van der Waals surface area contributed by atoms with E-state index in [4.69, 9.17) is 4.74 Å². The summed E-state index contributed by atoms with van der Waals surface area (Å²) in [6.07, 6.45) is 4.56. The minimum Gasteiger partial charge on any atom is -0.378 e. The van der Waals surface area contributed by atoms with E-state index in [1.54, 1.807) is 36.7 Å². The number of carbonyl (C=O) groups excluding carboxylic acids is 1. The molecule has 1 aromatic carbocycles. The van der Waals surface area contributed by atoms with Gasteiger partial charge in [-0.25, -0.2) is 18.1 Å². The summed E-state index contributed by atoms with van der Waals surface area (Å²) in [6, 6.07) is 10.2. The third kappa shape index (κ3) is 3.61. The molecule has 0 spiro atoms. The van der Waals surface area contributed by atoms with E-state index < -0.39 is 21.3 Å². The van der Waals surface area contributed by atoms with Crippen LogP contribution in [0.2, 0.25) is 0 Å². The third-order valence-corrected chi connectivity index (χ3v) is 7.64. The average Bonchev–Trinajstić information content (AvgIpc) is 3.61. The highest BCUT2D eigenvalue weighted by atomic mass is 32.2. The second-order valence-corrected chi connectivity index (χ2v) is 9.95. The number of carbonyl (C=O) groups is 1. The minimum atomic E-state index is -4.06. The van der Waals surface area contributed by atoms with Gasteiger partial charge in [0.2, 0.25) is 5.91 Å². The summed E-state index contributed by atoms with van der Waals surface area (Å²) in [5, 5.41) is 0.481. The number of hydrogen-bond donors (Lipinski definition) is 1. The molecule has 1 aliphatic heterocycles. The fraction of sp³-hybridized carbons (Fsp3) is 0.348. The number of benzene rings is 1. The van der Waals surface area contributed by atoms with Gasteiger partial charge >= 0.3 is 0 Å². The van der Waals surface area contributed by atoms with Crippen LogP contribution in [0.5, 0.6) is 0 Å². The van der Waals surface area contributed by atoms with Crippen molar-refractivity contribution in [3.63, 3.8) is 0 Å². The number of hydrogen-bond acceptors (Lipinski definition) is 7. The molecule has 2 aliphatic rings. The van der Waals surface area contributed by atoms with Crippen molar-refractivity contribution in [1.82, 2.24) is 14.7 Å². The van der Waals surface area contributed by atoms with Gasteiger partial charge in [-0.15, -0.1) is 0 Å². The van der Waals surface area contributed by atoms with Crippen LogP contribution >= 0.6 is 0 Å². The SMILES string of the molecule is Cc1cnc(N2CCOCC2)cc1C1(C(=O)NS(=O)(=O)c2cccc3ncccc23)CC1. The Labute approximate surface area is 186 Å². The number of nitrogens with one attached hydrogen (secondary N) is 1. The summed E-state index contributed by atoms with van der Waals surface area (Å²) in [5.41, 5.74) is 1.41. The van der Waals surface area contributed by atoms with Gasteiger partial charge in [0.25, 0.3) is 10.0 Å². The Hall–Kier alpha value is -3.04. The van der Waals surface area contributed by atoms with Crippen molar-refractivity contribution in [3.8, 4) is 0 Å². The van der Waals surface area contributed by atoms with Crippen molar-refractivity contribution < 1.29 is 17.9 Å². The van der Waals surface area contributed by atoms with Crippen molar-refractivity contribution in [2.24, 2.45) is 0 Å². The van der Waals surface area contributed by atoms with Gasteiger partial charge in [-0.1, -0.05) is 6.07 Å². The monoisotopic (exact) mass is 452 g/mol. The molecule has 1 saturated carbocycles. The predicted octanol–water partition coefficient (Wildman–Crippen LogP) is 2.31. The van der Waals surface area contributed by atoms with Crippen molar-refractivity contribution in [3.05, 3.63) is 59.9 Å². The van der Waals surface area contributed by atoms with Crippen LogP contribution in [0.25, 0.3) is 10.9 Å². The molecule has 3 aromatic rings. The highest BCUT2D eigenvalue weighted by molar-refractivity contribution is 7.90. The number of anilines is 1. The van der Waals surface area contributed by atoms with Crippen molar-refractivity contribution in [2.75, 3.05) is 31.2 Å². The number of aryl methyl sites for hydroxylation is 1. The first kappa shape index (κ1) is 20.8.